The number of thioether (sulfide) groups is 1. The molecule has 1 fully saturated rings. The summed E-state index contributed by atoms with van der Waals surface area (Å²) in [4.78, 5) is 8.61. The van der Waals surface area contributed by atoms with E-state index in [0.29, 0.717) is 12.5 Å². The van der Waals surface area contributed by atoms with Gasteiger partial charge in [-0.2, -0.15) is 0 Å². The molecule has 3 rings (SSSR count). The van der Waals surface area contributed by atoms with Crippen molar-refractivity contribution in [3.63, 3.8) is 0 Å². The molecule has 0 spiro atoms. The third kappa shape index (κ3) is 8.27. The van der Waals surface area contributed by atoms with Crippen molar-refractivity contribution >= 4 is 41.7 Å². The zero-order valence-electron chi connectivity index (χ0n) is 18.8. The summed E-state index contributed by atoms with van der Waals surface area (Å²) in [6, 6.07) is 10.7. The van der Waals surface area contributed by atoms with Gasteiger partial charge in [0, 0.05) is 50.5 Å². The molecule has 1 aliphatic rings. The molecule has 172 valence electrons. The molecule has 31 heavy (non-hydrogen) atoms. The molecule has 2 heterocycles. The summed E-state index contributed by atoms with van der Waals surface area (Å²) in [6.45, 7) is 8.99. The summed E-state index contributed by atoms with van der Waals surface area (Å²) in [7, 11) is 1.99. The van der Waals surface area contributed by atoms with Gasteiger partial charge in [0.1, 0.15) is 12.4 Å². The molecule has 7 nitrogen and oxygen atoms in total. The first kappa shape index (κ1) is 25.9. The SMILES string of the molecule is CCOCCCNC(=NCc1nnc(C)n1C)N1CCC(CSc2ccccc2)C1.I. The Morgan fingerprint density at radius 1 is 1.29 bits per heavy atom. The molecule has 0 amide bonds. The molecule has 1 aliphatic heterocycles. The van der Waals surface area contributed by atoms with E-state index in [4.69, 9.17) is 9.73 Å². The minimum atomic E-state index is 0. The van der Waals surface area contributed by atoms with E-state index in [-0.39, 0.29) is 24.0 Å². The van der Waals surface area contributed by atoms with E-state index in [1.807, 2.05) is 37.2 Å². The Morgan fingerprint density at radius 3 is 2.81 bits per heavy atom. The van der Waals surface area contributed by atoms with E-state index >= 15 is 0 Å². The van der Waals surface area contributed by atoms with E-state index in [1.54, 1.807) is 0 Å². The Bertz CT molecular complexity index is 801. The van der Waals surface area contributed by atoms with Crippen LogP contribution in [0, 0.1) is 12.8 Å². The van der Waals surface area contributed by atoms with E-state index in [9.17, 15) is 0 Å². The number of hydrogen-bond acceptors (Lipinski definition) is 5. The van der Waals surface area contributed by atoms with Crippen molar-refractivity contribution in [1.29, 1.82) is 0 Å². The van der Waals surface area contributed by atoms with Crippen molar-refractivity contribution < 1.29 is 4.74 Å². The standard InChI is InChI=1S/C22H34N6OS.HI/c1-4-29-14-8-12-23-22(24-15-21-26-25-18(2)27(21)3)28-13-11-19(16-28)17-30-20-9-6-5-7-10-20;/h5-7,9-10,19H,4,8,11-17H2,1-3H3,(H,23,24);1H. The predicted molar refractivity (Wildman–Crippen MR) is 138 cm³/mol. The Kier molecular flexibility index (Phi) is 11.7. The van der Waals surface area contributed by atoms with Gasteiger partial charge in [0.15, 0.2) is 11.8 Å². The average molecular weight is 559 g/mol. The van der Waals surface area contributed by atoms with Crippen LogP contribution in [0.25, 0.3) is 0 Å². The fourth-order valence-electron chi connectivity index (χ4n) is 3.41. The minimum absolute atomic E-state index is 0. The van der Waals surface area contributed by atoms with Crippen molar-refractivity contribution in [2.45, 2.75) is 38.1 Å². The number of nitrogens with zero attached hydrogens (tertiary/aromatic N) is 5. The number of hydrogen-bond donors (Lipinski definition) is 1. The number of ether oxygens (including phenoxy) is 1. The third-order valence-corrected chi connectivity index (χ3v) is 6.56. The normalized spacial score (nSPS) is 16.4. The predicted octanol–water partition coefficient (Wildman–Crippen LogP) is 3.73. The maximum absolute atomic E-state index is 5.46. The highest BCUT2D eigenvalue weighted by Gasteiger charge is 2.25. The van der Waals surface area contributed by atoms with Gasteiger partial charge in [0.25, 0.3) is 0 Å². The van der Waals surface area contributed by atoms with Crippen LogP contribution in [0.1, 0.15) is 31.4 Å². The van der Waals surface area contributed by atoms with Gasteiger partial charge in [0.05, 0.1) is 0 Å². The molecule has 0 bridgehead atoms. The molecule has 0 aliphatic carbocycles. The number of aromatic nitrogens is 3. The highest BCUT2D eigenvalue weighted by molar-refractivity contribution is 14.0. The Labute approximate surface area is 207 Å². The molecule has 9 heteroatoms. The average Bonchev–Trinajstić information content (AvgIpc) is 3.37. The lowest BCUT2D eigenvalue weighted by molar-refractivity contribution is 0.145. The minimum Gasteiger partial charge on any atom is -0.382 e. The molecular formula is C22H35IN6OS. The number of nitrogens with one attached hydrogen (secondary N) is 1. The lowest BCUT2D eigenvalue weighted by Crippen LogP contribution is -2.41. The monoisotopic (exact) mass is 558 g/mol. The lowest BCUT2D eigenvalue weighted by Gasteiger charge is -2.22. The molecule has 0 radical (unpaired) electrons. The largest absolute Gasteiger partial charge is 0.382 e. The van der Waals surface area contributed by atoms with Crippen molar-refractivity contribution in [2.75, 3.05) is 38.6 Å². The maximum atomic E-state index is 5.46. The zero-order valence-corrected chi connectivity index (χ0v) is 21.9. The second kappa shape index (κ2) is 13.9. The van der Waals surface area contributed by atoms with Crippen LogP contribution in [0.15, 0.2) is 40.2 Å². The van der Waals surface area contributed by atoms with Crippen LogP contribution in [0.4, 0.5) is 0 Å². The van der Waals surface area contributed by atoms with Gasteiger partial charge >= 0.3 is 0 Å². The number of likely N-dealkylation sites (tertiary alicyclic amines) is 1. The first-order chi connectivity index (χ1) is 14.7. The summed E-state index contributed by atoms with van der Waals surface area (Å²) in [5.74, 6) is 4.57. The first-order valence-electron chi connectivity index (χ1n) is 10.8. The quantitative estimate of drug-likeness (QED) is 0.158. The van der Waals surface area contributed by atoms with Gasteiger partial charge in [-0.25, -0.2) is 4.99 Å². The Morgan fingerprint density at radius 2 is 2.10 bits per heavy atom. The lowest BCUT2D eigenvalue weighted by atomic mass is 10.2. The third-order valence-electron chi connectivity index (χ3n) is 5.32. The summed E-state index contributed by atoms with van der Waals surface area (Å²) in [6.07, 6.45) is 2.17. The summed E-state index contributed by atoms with van der Waals surface area (Å²) in [5.41, 5.74) is 0. The van der Waals surface area contributed by atoms with Crippen LogP contribution in [0.5, 0.6) is 0 Å². The molecule has 2 aromatic rings. The van der Waals surface area contributed by atoms with Gasteiger partial charge < -0.3 is 19.5 Å². The molecule has 0 saturated carbocycles. The second-order valence-corrected chi connectivity index (χ2v) is 8.66. The Hall–Kier alpha value is -1.33. The fourth-order valence-corrected chi connectivity index (χ4v) is 4.46. The highest BCUT2D eigenvalue weighted by atomic mass is 127. The molecular weight excluding hydrogens is 523 g/mol. The number of halogens is 1. The van der Waals surface area contributed by atoms with Crippen LogP contribution in [0.3, 0.4) is 0 Å². The Balaban J connectivity index is 0.00000341. The second-order valence-electron chi connectivity index (χ2n) is 7.56. The van der Waals surface area contributed by atoms with Crippen molar-refractivity contribution in [1.82, 2.24) is 25.0 Å². The number of aliphatic imine (C=N–C) groups is 1. The van der Waals surface area contributed by atoms with E-state index in [0.717, 1.165) is 62.6 Å². The molecule has 1 aromatic carbocycles. The topological polar surface area (TPSA) is 67.6 Å². The molecule has 1 unspecified atom stereocenters. The highest BCUT2D eigenvalue weighted by Crippen LogP contribution is 2.26. The van der Waals surface area contributed by atoms with Gasteiger partial charge in [-0.3, -0.25) is 0 Å². The number of aryl methyl sites for hydroxylation is 1. The summed E-state index contributed by atoms with van der Waals surface area (Å²) in [5, 5.41) is 11.9. The van der Waals surface area contributed by atoms with Crippen molar-refractivity contribution in [3.05, 3.63) is 42.0 Å². The van der Waals surface area contributed by atoms with Crippen LogP contribution in [-0.2, 0) is 18.3 Å². The number of benzene rings is 1. The van der Waals surface area contributed by atoms with Crippen molar-refractivity contribution in [3.8, 4) is 0 Å². The van der Waals surface area contributed by atoms with E-state index in [2.05, 4.69) is 50.7 Å². The van der Waals surface area contributed by atoms with E-state index < -0.39 is 0 Å². The van der Waals surface area contributed by atoms with Crippen LogP contribution >= 0.6 is 35.7 Å². The molecule has 1 aromatic heterocycles. The van der Waals surface area contributed by atoms with Gasteiger partial charge in [0.2, 0.25) is 0 Å². The molecule has 1 saturated heterocycles. The van der Waals surface area contributed by atoms with Crippen LogP contribution in [-0.4, -0.2) is 64.2 Å². The molecule has 1 atom stereocenters. The fraction of sp³-hybridized carbons (Fsp3) is 0.591. The number of guanidine groups is 1. The smallest absolute Gasteiger partial charge is 0.194 e. The number of rotatable bonds is 10. The van der Waals surface area contributed by atoms with E-state index in [1.165, 1.54) is 11.3 Å². The first-order valence-corrected chi connectivity index (χ1v) is 11.8. The van der Waals surface area contributed by atoms with Gasteiger partial charge in [-0.15, -0.1) is 45.9 Å². The van der Waals surface area contributed by atoms with Gasteiger partial charge in [-0.1, -0.05) is 18.2 Å². The summed E-state index contributed by atoms with van der Waals surface area (Å²) < 4.78 is 7.46. The maximum Gasteiger partial charge on any atom is 0.194 e. The van der Waals surface area contributed by atoms with Crippen LogP contribution < -0.4 is 5.32 Å². The summed E-state index contributed by atoms with van der Waals surface area (Å²) >= 11 is 1.95. The van der Waals surface area contributed by atoms with Gasteiger partial charge in [-0.05, 0) is 44.7 Å². The zero-order chi connectivity index (χ0) is 21.2. The molecule has 1 N–H and O–H groups in total. The van der Waals surface area contributed by atoms with Crippen LogP contribution in [0.2, 0.25) is 0 Å². The van der Waals surface area contributed by atoms with Crippen molar-refractivity contribution in [2.24, 2.45) is 18.0 Å².